The molecule has 6 heteroatoms. The monoisotopic (exact) mass is 245 g/mol. The first-order chi connectivity index (χ1) is 8.81. The fourth-order valence-corrected chi connectivity index (χ4v) is 1.49. The van der Waals surface area contributed by atoms with Crippen molar-refractivity contribution in [1.29, 1.82) is 0 Å². The van der Waals surface area contributed by atoms with E-state index in [0.717, 1.165) is 12.1 Å². The molecule has 1 N–H and O–H groups in total. The smallest absolute Gasteiger partial charge is 0.321 e. The lowest BCUT2D eigenvalue weighted by Gasteiger charge is -2.06. The van der Waals surface area contributed by atoms with Crippen molar-refractivity contribution in [1.82, 2.24) is 19.9 Å². The summed E-state index contributed by atoms with van der Waals surface area (Å²) in [6.07, 6.45) is 4.13. The van der Waals surface area contributed by atoms with Crippen LogP contribution >= 0.6 is 0 Å². The number of nitrogens with one attached hydrogen (secondary N) is 1. The Morgan fingerprint density at radius 3 is 2.83 bits per heavy atom. The van der Waals surface area contributed by atoms with Gasteiger partial charge >= 0.3 is 6.01 Å². The van der Waals surface area contributed by atoms with Gasteiger partial charge in [0.05, 0.1) is 7.11 Å². The summed E-state index contributed by atoms with van der Waals surface area (Å²) in [5.41, 5.74) is 1.05. The van der Waals surface area contributed by atoms with Crippen LogP contribution in [0, 0.1) is 0 Å². The van der Waals surface area contributed by atoms with E-state index in [1.54, 1.807) is 19.5 Å². The SMILES string of the molecule is CCNc1nc(Cc2cccnc2)nc(OC)n1. The highest BCUT2D eigenvalue weighted by Crippen LogP contribution is 2.10. The average Bonchev–Trinajstić information content (AvgIpc) is 2.40. The Balaban J connectivity index is 2.24. The quantitative estimate of drug-likeness (QED) is 0.856. The molecule has 0 radical (unpaired) electrons. The zero-order valence-electron chi connectivity index (χ0n) is 10.4. The Morgan fingerprint density at radius 2 is 2.17 bits per heavy atom. The van der Waals surface area contributed by atoms with Crippen LogP contribution in [0.2, 0.25) is 0 Å². The summed E-state index contributed by atoms with van der Waals surface area (Å²) in [5, 5.41) is 3.05. The molecule has 2 aromatic rings. The highest BCUT2D eigenvalue weighted by Gasteiger charge is 2.07. The molecule has 0 amide bonds. The van der Waals surface area contributed by atoms with Crippen LogP contribution in [0.4, 0.5) is 5.95 Å². The van der Waals surface area contributed by atoms with Gasteiger partial charge in [0.25, 0.3) is 0 Å². The Morgan fingerprint density at radius 1 is 1.28 bits per heavy atom. The summed E-state index contributed by atoms with van der Waals surface area (Å²) in [6, 6.07) is 4.19. The van der Waals surface area contributed by atoms with Crippen LogP contribution in [0.15, 0.2) is 24.5 Å². The fraction of sp³-hybridized carbons (Fsp3) is 0.333. The Kier molecular flexibility index (Phi) is 4.01. The standard InChI is InChI=1S/C12H15N5O/c1-3-14-11-15-10(16-12(17-11)18-2)7-9-5-4-6-13-8-9/h4-6,8H,3,7H2,1-2H3,(H,14,15,16,17). The Bertz CT molecular complexity index is 503. The lowest BCUT2D eigenvalue weighted by atomic mass is 10.2. The minimum Gasteiger partial charge on any atom is -0.467 e. The second-order valence-electron chi connectivity index (χ2n) is 3.63. The molecule has 2 heterocycles. The summed E-state index contributed by atoms with van der Waals surface area (Å²) in [5.74, 6) is 1.19. The van der Waals surface area contributed by atoms with E-state index in [1.165, 1.54) is 0 Å². The van der Waals surface area contributed by atoms with Gasteiger partial charge in [-0.2, -0.15) is 15.0 Å². The lowest BCUT2D eigenvalue weighted by molar-refractivity contribution is 0.377. The number of hydrogen-bond acceptors (Lipinski definition) is 6. The third-order valence-corrected chi connectivity index (χ3v) is 2.26. The van der Waals surface area contributed by atoms with Gasteiger partial charge in [-0.25, -0.2) is 0 Å². The predicted octanol–water partition coefficient (Wildman–Crippen LogP) is 1.30. The molecule has 0 aliphatic carbocycles. The molecule has 0 aliphatic rings. The molecular formula is C12H15N5O. The Hall–Kier alpha value is -2.24. The van der Waals surface area contributed by atoms with Crippen LogP contribution in [-0.4, -0.2) is 33.6 Å². The van der Waals surface area contributed by atoms with E-state index >= 15 is 0 Å². The minimum absolute atomic E-state index is 0.319. The molecule has 2 rings (SSSR count). The van der Waals surface area contributed by atoms with E-state index in [2.05, 4.69) is 25.3 Å². The zero-order valence-corrected chi connectivity index (χ0v) is 10.4. The van der Waals surface area contributed by atoms with E-state index in [-0.39, 0.29) is 0 Å². The summed E-state index contributed by atoms with van der Waals surface area (Å²) in [7, 11) is 1.54. The number of nitrogens with zero attached hydrogens (tertiary/aromatic N) is 4. The highest BCUT2D eigenvalue weighted by molar-refractivity contribution is 5.27. The van der Waals surface area contributed by atoms with E-state index in [1.807, 2.05) is 19.1 Å². The van der Waals surface area contributed by atoms with Crippen LogP contribution in [0.1, 0.15) is 18.3 Å². The van der Waals surface area contributed by atoms with Gasteiger partial charge in [-0.1, -0.05) is 6.07 Å². The molecule has 0 spiro atoms. The lowest BCUT2D eigenvalue weighted by Crippen LogP contribution is -2.08. The molecule has 0 atom stereocenters. The molecule has 6 nitrogen and oxygen atoms in total. The molecule has 0 aromatic carbocycles. The van der Waals surface area contributed by atoms with Gasteiger partial charge in [0.2, 0.25) is 5.95 Å². The van der Waals surface area contributed by atoms with Crippen molar-refractivity contribution < 1.29 is 4.74 Å². The van der Waals surface area contributed by atoms with Crippen molar-refractivity contribution in [2.24, 2.45) is 0 Å². The van der Waals surface area contributed by atoms with E-state index in [9.17, 15) is 0 Å². The Labute approximate surface area is 105 Å². The average molecular weight is 245 g/mol. The van der Waals surface area contributed by atoms with Gasteiger partial charge in [0, 0.05) is 25.4 Å². The second-order valence-corrected chi connectivity index (χ2v) is 3.63. The molecule has 0 saturated heterocycles. The molecule has 94 valence electrons. The molecule has 0 aliphatic heterocycles. The molecule has 0 fully saturated rings. The summed E-state index contributed by atoms with van der Waals surface area (Å²) in [4.78, 5) is 16.7. The fourth-order valence-electron chi connectivity index (χ4n) is 1.49. The van der Waals surface area contributed by atoms with Gasteiger partial charge in [0.15, 0.2) is 0 Å². The maximum Gasteiger partial charge on any atom is 0.321 e. The topological polar surface area (TPSA) is 72.8 Å². The zero-order chi connectivity index (χ0) is 12.8. The second kappa shape index (κ2) is 5.90. The summed E-state index contributed by atoms with van der Waals surface area (Å²) < 4.78 is 5.06. The van der Waals surface area contributed by atoms with Gasteiger partial charge < -0.3 is 10.1 Å². The minimum atomic E-state index is 0.319. The van der Waals surface area contributed by atoms with Crippen LogP contribution in [0.3, 0.4) is 0 Å². The molecule has 2 aromatic heterocycles. The third kappa shape index (κ3) is 3.13. The van der Waals surface area contributed by atoms with Gasteiger partial charge in [-0.05, 0) is 18.6 Å². The number of anilines is 1. The maximum atomic E-state index is 5.06. The molecule has 18 heavy (non-hydrogen) atoms. The molecule has 0 unspecified atom stereocenters. The van der Waals surface area contributed by atoms with Crippen LogP contribution in [0.5, 0.6) is 6.01 Å². The summed E-state index contributed by atoms with van der Waals surface area (Å²) in [6.45, 7) is 2.73. The molecule has 0 saturated carbocycles. The van der Waals surface area contributed by atoms with Crippen LogP contribution < -0.4 is 10.1 Å². The largest absolute Gasteiger partial charge is 0.467 e. The summed E-state index contributed by atoms with van der Waals surface area (Å²) >= 11 is 0. The number of hydrogen-bond donors (Lipinski definition) is 1. The maximum absolute atomic E-state index is 5.06. The molecule has 0 bridgehead atoms. The highest BCUT2D eigenvalue weighted by atomic mass is 16.5. The van der Waals surface area contributed by atoms with Crippen molar-refractivity contribution in [2.45, 2.75) is 13.3 Å². The predicted molar refractivity (Wildman–Crippen MR) is 67.6 cm³/mol. The number of aromatic nitrogens is 4. The number of pyridine rings is 1. The number of ether oxygens (including phenoxy) is 1. The van der Waals surface area contributed by atoms with Crippen LogP contribution in [0.25, 0.3) is 0 Å². The van der Waals surface area contributed by atoms with Gasteiger partial charge in [0.1, 0.15) is 5.82 Å². The van der Waals surface area contributed by atoms with Crippen molar-refractivity contribution >= 4 is 5.95 Å². The molecular weight excluding hydrogens is 230 g/mol. The first kappa shape index (κ1) is 12.2. The van der Waals surface area contributed by atoms with Crippen molar-refractivity contribution in [3.05, 3.63) is 35.9 Å². The van der Waals surface area contributed by atoms with Crippen molar-refractivity contribution in [2.75, 3.05) is 19.0 Å². The van der Waals surface area contributed by atoms with Gasteiger partial charge in [-0.15, -0.1) is 0 Å². The number of rotatable bonds is 5. The van der Waals surface area contributed by atoms with Crippen molar-refractivity contribution in [3.8, 4) is 6.01 Å². The van der Waals surface area contributed by atoms with Crippen LogP contribution in [-0.2, 0) is 6.42 Å². The third-order valence-electron chi connectivity index (χ3n) is 2.26. The van der Waals surface area contributed by atoms with Crippen molar-refractivity contribution in [3.63, 3.8) is 0 Å². The van der Waals surface area contributed by atoms with E-state index in [4.69, 9.17) is 4.74 Å². The normalized spacial score (nSPS) is 10.1. The number of methoxy groups -OCH3 is 1. The van der Waals surface area contributed by atoms with E-state index in [0.29, 0.717) is 24.2 Å². The van der Waals surface area contributed by atoms with E-state index < -0.39 is 0 Å². The first-order valence-corrected chi connectivity index (χ1v) is 5.73. The van der Waals surface area contributed by atoms with Gasteiger partial charge in [-0.3, -0.25) is 4.98 Å². The first-order valence-electron chi connectivity index (χ1n) is 5.73.